The van der Waals surface area contributed by atoms with Crippen LogP contribution in [0.25, 0.3) is 0 Å². The molecule has 0 atom stereocenters. The first kappa shape index (κ1) is 12.4. The Hall–Kier alpha value is -1.07. The predicted octanol–water partition coefficient (Wildman–Crippen LogP) is 3.55. The zero-order valence-corrected chi connectivity index (χ0v) is 11.3. The van der Waals surface area contributed by atoms with E-state index in [1.165, 1.54) is 12.1 Å². The molecular formula is C11H9BrClFN2O. The summed E-state index contributed by atoms with van der Waals surface area (Å²) >= 11 is 9.08. The fourth-order valence-electron chi connectivity index (χ4n) is 1.29. The molecule has 90 valence electrons. The quantitative estimate of drug-likeness (QED) is 0.865. The van der Waals surface area contributed by atoms with Crippen molar-refractivity contribution in [1.29, 1.82) is 0 Å². The van der Waals surface area contributed by atoms with Gasteiger partial charge in [0, 0.05) is 7.05 Å². The van der Waals surface area contributed by atoms with Crippen LogP contribution in [0.5, 0.6) is 5.75 Å². The lowest BCUT2D eigenvalue weighted by Crippen LogP contribution is -2.04. The molecule has 0 fully saturated rings. The lowest BCUT2D eigenvalue weighted by molar-refractivity contribution is 0.289. The second-order valence-electron chi connectivity index (χ2n) is 3.42. The molecule has 0 spiro atoms. The van der Waals surface area contributed by atoms with Gasteiger partial charge in [0.25, 0.3) is 0 Å². The van der Waals surface area contributed by atoms with Gasteiger partial charge in [-0.3, -0.25) is 0 Å². The van der Waals surface area contributed by atoms with E-state index < -0.39 is 0 Å². The molecule has 2 rings (SSSR count). The number of hydrogen-bond donors (Lipinski definition) is 0. The summed E-state index contributed by atoms with van der Waals surface area (Å²) in [5.41, 5.74) is 0. The smallest absolute Gasteiger partial charge is 0.147 e. The zero-order chi connectivity index (χ0) is 12.4. The number of rotatable bonds is 3. The van der Waals surface area contributed by atoms with Crippen molar-refractivity contribution in [3.63, 3.8) is 0 Å². The highest BCUT2D eigenvalue weighted by Gasteiger charge is 2.07. The second kappa shape index (κ2) is 5.06. The van der Waals surface area contributed by atoms with Gasteiger partial charge in [-0.2, -0.15) is 0 Å². The van der Waals surface area contributed by atoms with Crippen molar-refractivity contribution in [1.82, 2.24) is 9.55 Å². The van der Waals surface area contributed by atoms with Crippen LogP contribution in [0, 0.1) is 5.82 Å². The van der Waals surface area contributed by atoms with Crippen LogP contribution in [-0.4, -0.2) is 9.55 Å². The highest BCUT2D eigenvalue weighted by atomic mass is 79.9. The minimum atomic E-state index is -0.315. The second-order valence-corrected chi connectivity index (χ2v) is 4.66. The monoisotopic (exact) mass is 318 g/mol. The van der Waals surface area contributed by atoms with Crippen LogP contribution in [0.4, 0.5) is 4.39 Å². The summed E-state index contributed by atoms with van der Waals surface area (Å²) < 4.78 is 20.7. The Bertz CT molecular complexity index is 544. The Morgan fingerprint density at radius 2 is 2.29 bits per heavy atom. The van der Waals surface area contributed by atoms with Crippen LogP contribution >= 0.6 is 27.5 Å². The summed E-state index contributed by atoms with van der Waals surface area (Å²) in [5.74, 6) is 0.945. The molecule has 0 saturated heterocycles. The molecule has 0 saturated carbocycles. The van der Waals surface area contributed by atoms with Gasteiger partial charge in [-0.25, -0.2) is 9.37 Å². The van der Waals surface area contributed by atoms with Gasteiger partial charge in [0.15, 0.2) is 0 Å². The fourth-order valence-corrected chi connectivity index (χ4v) is 1.90. The molecular weight excluding hydrogens is 310 g/mol. The average molecular weight is 320 g/mol. The molecule has 0 aliphatic carbocycles. The van der Waals surface area contributed by atoms with E-state index in [1.807, 2.05) is 0 Å². The van der Waals surface area contributed by atoms with Crippen LogP contribution in [-0.2, 0) is 13.7 Å². The number of nitrogens with zero attached hydrogens (tertiary/aromatic N) is 2. The van der Waals surface area contributed by atoms with Gasteiger partial charge in [0.2, 0.25) is 0 Å². The molecule has 0 aliphatic heterocycles. The van der Waals surface area contributed by atoms with Gasteiger partial charge in [-0.15, -0.1) is 0 Å². The summed E-state index contributed by atoms with van der Waals surface area (Å²) in [4.78, 5) is 4.09. The summed E-state index contributed by atoms with van der Waals surface area (Å²) in [5, 5.41) is 0.543. The van der Waals surface area contributed by atoms with Gasteiger partial charge in [-0.05, 0) is 34.1 Å². The van der Waals surface area contributed by atoms with E-state index in [4.69, 9.17) is 16.3 Å². The van der Waals surface area contributed by atoms with Gasteiger partial charge < -0.3 is 9.30 Å². The highest BCUT2D eigenvalue weighted by molar-refractivity contribution is 9.10. The SMILES string of the molecule is Cn1c(Cl)cnc1COc1ccc(F)cc1Br. The van der Waals surface area contributed by atoms with Crippen molar-refractivity contribution in [3.05, 3.63) is 45.7 Å². The molecule has 0 amide bonds. The lowest BCUT2D eigenvalue weighted by Gasteiger charge is -2.08. The summed E-state index contributed by atoms with van der Waals surface area (Å²) in [7, 11) is 1.80. The predicted molar refractivity (Wildman–Crippen MR) is 66.7 cm³/mol. The molecule has 0 unspecified atom stereocenters. The molecule has 1 aromatic heterocycles. The molecule has 6 heteroatoms. The topological polar surface area (TPSA) is 27.1 Å². The van der Waals surface area contributed by atoms with E-state index in [9.17, 15) is 4.39 Å². The number of ether oxygens (including phenoxy) is 1. The highest BCUT2D eigenvalue weighted by Crippen LogP contribution is 2.26. The van der Waals surface area contributed by atoms with Crippen LogP contribution in [0.1, 0.15) is 5.82 Å². The Kier molecular flexibility index (Phi) is 3.69. The Labute approximate surface area is 111 Å². The van der Waals surface area contributed by atoms with E-state index in [0.717, 1.165) is 0 Å². The molecule has 1 heterocycles. The number of benzene rings is 1. The van der Waals surface area contributed by atoms with E-state index in [0.29, 0.717) is 21.2 Å². The Balaban J connectivity index is 2.10. The van der Waals surface area contributed by atoms with Crippen LogP contribution in [0.15, 0.2) is 28.9 Å². The average Bonchev–Trinajstić information content (AvgIpc) is 2.59. The van der Waals surface area contributed by atoms with Crippen LogP contribution in [0.2, 0.25) is 5.15 Å². The molecule has 0 bridgehead atoms. The van der Waals surface area contributed by atoms with Gasteiger partial charge in [0.05, 0.1) is 10.7 Å². The minimum Gasteiger partial charge on any atom is -0.484 e. The van der Waals surface area contributed by atoms with E-state index in [2.05, 4.69) is 20.9 Å². The maximum absolute atomic E-state index is 12.9. The number of imidazole rings is 1. The molecule has 0 aliphatic rings. The van der Waals surface area contributed by atoms with Gasteiger partial charge in [-0.1, -0.05) is 11.6 Å². The first-order valence-corrected chi connectivity index (χ1v) is 5.99. The molecule has 2 aromatic rings. The van der Waals surface area contributed by atoms with E-state index in [1.54, 1.807) is 23.9 Å². The molecule has 0 radical (unpaired) electrons. The first-order chi connectivity index (χ1) is 8.08. The summed E-state index contributed by atoms with van der Waals surface area (Å²) in [6.45, 7) is 0.271. The van der Waals surface area contributed by atoms with Crippen molar-refractivity contribution < 1.29 is 9.13 Å². The first-order valence-electron chi connectivity index (χ1n) is 4.82. The van der Waals surface area contributed by atoms with Crippen molar-refractivity contribution in [2.75, 3.05) is 0 Å². The lowest BCUT2D eigenvalue weighted by atomic mass is 10.3. The Morgan fingerprint density at radius 3 is 2.88 bits per heavy atom. The number of hydrogen-bond acceptors (Lipinski definition) is 2. The standard InChI is InChI=1S/C11H9BrClFN2O/c1-16-10(13)5-15-11(16)6-17-9-3-2-7(14)4-8(9)12/h2-5H,6H2,1H3. The number of aromatic nitrogens is 2. The van der Waals surface area contributed by atoms with Crippen molar-refractivity contribution in [2.24, 2.45) is 7.05 Å². The Morgan fingerprint density at radius 1 is 1.53 bits per heavy atom. The summed E-state index contributed by atoms with van der Waals surface area (Å²) in [6.07, 6.45) is 1.56. The van der Waals surface area contributed by atoms with Gasteiger partial charge in [0.1, 0.15) is 29.2 Å². The van der Waals surface area contributed by atoms with Gasteiger partial charge >= 0.3 is 0 Å². The third-order valence-corrected chi connectivity index (χ3v) is 3.25. The van der Waals surface area contributed by atoms with Crippen molar-refractivity contribution in [3.8, 4) is 5.75 Å². The van der Waals surface area contributed by atoms with E-state index in [-0.39, 0.29) is 12.4 Å². The van der Waals surface area contributed by atoms with E-state index >= 15 is 0 Å². The molecule has 3 nitrogen and oxygen atoms in total. The summed E-state index contributed by atoms with van der Waals surface area (Å²) in [6, 6.07) is 4.25. The zero-order valence-electron chi connectivity index (χ0n) is 8.95. The largest absolute Gasteiger partial charge is 0.484 e. The van der Waals surface area contributed by atoms with Crippen molar-refractivity contribution in [2.45, 2.75) is 6.61 Å². The minimum absolute atomic E-state index is 0.271. The fraction of sp³-hybridized carbons (Fsp3) is 0.182. The molecule has 1 aromatic carbocycles. The third kappa shape index (κ3) is 2.79. The van der Waals surface area contributed by atoms with Crippen LogP contribution < -0.4 is 4.74 Å². The molecule has 17 heavy (non-hydrogen) atoms. The molecule has 0 N–H and O–H groups in total. The van der Waals surface area contributed by atoms with Crippen LogP contribution in [0.3, 0.4) is 0 Å². The maximum Gasteiger partial charge on any atom is 0.147 e. The number of halogens is 3. The normalized spacial score (nSPS) is 10.6. The van der Waals surface area contributed by atoms with Crippen molar-refractivity contribution >= 4 is 27.5 Å². The third-order valence-electron chi connectivity index (χ3n) is 2.28. The maximum atomic E-state index is 12.9.